The molecule has 2 aromatic heterocycles. The highest BCUT2D eigenvalue weighted by atomic mass is 32.2. The van der Waals surface area contributed by atoms with Crippen molar-refractivity contribution in [3.8, 4) is 5.69 Å². The Morgan fingerprint density at radius 1 is 1.32 bits per heavy atom. The molecule has 34 heavy (non-hydrogen) atoms. The Bertz CT molecular complexity index is 1410. The predicted molar refractivity (Wildman–Crippen MR) is 123 cm³/mol. The van der Waals surface area contributed by atoms with E-state index < -0.39 is 26.4 Å². The summed E-state index contributed by atoms with van der Waals surface area (Å²) in [5.41, 5.74) is -0.409. The number of benzene rings is 1. The average molecular weight is 489 g/mol. The maximum atomic E-state index is 13.1. The number of unbranched alkanes of at least 4 members (excludes halogenated alkanes) is 1. The molecule has 12 nitrogen and oxygen atoms in total. The Labute approximate surface area is 194 Å². The number of amides is 1. The fourth-order valence-electron chi connectivity index (χ4n) is 4.13. The van der Waals surface area contributed by atoms with Gasteiger partial charge in [-0.3, -0.25) is 24.3 Å². The summed E-state index contributed by atoms with van der Waals surface area (Å²) in [4.78, 5) is 42.8. The number of nitrogens with zero attached hydrogens (tertiary/aromatic N) is 6. The number of fused-ring (bicyclic) bond motifs is 1. The number of para-hydroxylation sites is 2. The van der Waals surface area contributed by atoms with Crippen LogP contribution in [-0.4, -0.2) is 67.6 Å². The van der Waals surface area contributed by atoms with Crippen LogP contribution in [-0.2, 0) is 21.2 Å². The maximum absolute atomic E-state index is 13.1. The smallest absolute Gasteiger partial charge is 0.294 e. The minimum absolute atomic E-state index is 0.0475. The number of nitro benzene ring substituents is 1. The molecule has 3 aromatic rings. The lowest BCUT2D eigenvalue weighted by Gasteiger charge is -2.28. The van der Waals surface area contributed by atoms with E-state index in [0.29, 0.717) is 13.0 Å². The Kier molecular flexibility index (Phi) is 6.46. The van der Waals surface area contributed by atoms with Crippen LogP contribution >= 0.6 is 0 Å². The van der Waals surface area contributed by atoms with E-state index in [-0.39, 0.29) is 46.4 Å². The first-order chi connectivity index (χ1) is 16.2. The molecule has 3 heterocycles. The fourth-order valence-corrected chi connectivity index (χ4v) is 5.86. The van der Waals surface area contributed by atoms with Crippen LogP contribution in [0.1, 0.15) is 26.2 Å². The lowest BCUT2D eigenvalue weighted by Crippen LogP contribution is -2.44. The summed E-state index contributed by atoms with van der Waals surface area (Å²) < 4.78 is 26.2. The van der Waals surface area contributed by atoms with Gasteiger partial charge in [0.15, 0.2) is 15.5 Å². The highest BCUT2D eigenvalue weighted by Crippen LogP contribution is 2.24. The van der Waals surface area contributed by atoms with Crippen molar-refractivity contribution in [2.75, 3.05) is 18.1 Å². The van der Waals surface area contributed by atoms with E-state index in [1.54, 1.807) is 11.0 Å². The van der Waals surface area contributed by atoms with E-state index in [0.717, 1.165) is 17.4 Å². The third-order valence-corrected chi connectivity index (χ3v) is 7.64. The summed E-state index contributed by atoms with van der Waals surface area (Å²) in [6, 6.07) is 5.57. The van der Waals surface area contributed by atoms with Gasteiger partial charge in [-0.25, -0.2) is 18.1 Å². The molecular weight excluding hydrogens is 464 g/mol. The summed E-state index contributed by atoms with van der Waals surface area (Å²) in [7, 11) is -3.18. The van der Waals surface area contributed by atoms with Gasteiger partial charge in [0, 0.05) is 18.7 Å². The number of hydrogen-bond acceptors (Lipinski definition) is 8. The van der Waals surface area contributed by atoms with Gasteiger partial charge in [-0.05, 0) is 18.9 Å². The molecule has 0 spiro atoms. The lowest BCUT2D eigenvalue weighted by atomic mass is 10.2. The molecule has 1 aromatic carbocycles. The third-order valence-electron chi connectivity index (χ3n) is 5.89. The quantitative estimate of drug-likeness (QED) is 0.340. The second kappa shape index (κ2) is 9.33. The molecule has 1 aliphatic rings. The SMILES string of the molecule is CCCCN(C(=O)Cn1cnc2c(cnn2-c2ccccc2[N+](=O)[O-])c1=O)C1CCS(=O)(=O)C1. The van der Waals surface area contributed by atoms with Gasteiger partial charge < -0.3 is 4.90 Å². The van der Waals surface area contributed by atoms with Crippen molar-refractivity contribution in [2.24, 2.45) is 0 Å². The topological polar surface area (TPSA) is 150 Å². The molecule has 1 atom stereocenters. The van der Waals surface area contributed by atoms with E-state index in [9.17, 15) is 28.1 Å². The second-order valence-electron chi connectivity index (χ2n) is 8.21. The van der Waals surface area contributed by atoms with Crippen molar-refractivity contribution in [1.82, 2.24) is 24.2 Å². The van der Waals surface area contributed by atoms with Crippen LogP contribution in [0.3, 0.4) is 0 Å². The van der Waals surface area contributed by atoms with Gasteiger partial charge in [0.1, 0.15) is 23.9 Å². The Hall–Kier alpha value is -3.61. The molecule has 180 valence electrons. The highest BCUT2D eigenvalue weighted by molar-refractivity contribution is 7.91. The van der Waals surface area contributed by atoms with E-state index in [1.807, 2.05) is 6.92 Å². The largest absolute Gasteiger partial charge is 0.337 e. The zero-order chi connectivity index (χ0) is 24.5. The van der Waals surface area contributed by atoms with E-state index in [2.05, 4.69) is 10.1 Å². The number of hydrogen-bond donors (Lipinski definition) is 0. The summed E-state index contributed by atoms with van der Waals surface area (Å²) in [6.45, 7) is 2.10. The first-order valence-electron chi connectivity index (χ1n) is 10.9. The second-order valence-corrected chi connectivity index (χ2v) is 10.4. The Balaban J connectivity index is 1.64. The zero-order valence-electron chi connectivity index (χ0n) is 18.5. The van der Waals surface area contributed by atoms with Crippen LogP contribution in [0.5, 0.6) is 0 Å². The van der Waals surface area contributed by atoms with Crippen molar-refractivity contribution < 1.29 is 18.1 Å². The molecule has 13 heteroatoms. The molecule has 0 saturated carbocycles. The van der Waals surface area contributed by atoms with Gasteiger partial charge in [-0.2, -0.15) is 5.10 Å². The van der Waals surface area contributed by atoms with Gasteiger partial charge in [0.05, 0.1) is 22.6 Å². The van der Waals surface area contributed by atoms with Gasteiger partial charge in [0.25, 0.3) is 11.2 Å². The van der Waals surface area contributed by atoms with Gasteiger partial charge in [-0.15, -0.1) is 0 Å². The minimum atomic E-state index is -3.18. The molecule has 1 fully saturated rings. The number of carbonyl (C=O) groups is 1. The fraction of sp³-hybridized carbons (Fsp3) is 0.429. The number of sulfone groups is 1. The molecule has 1 aliphatic heterocycles. The van der Waals surface area contributed by atoms with Crippen molar-refractivity contribution >= 4 is 32.5 Å². The molecule has 0 aliphatic carbocycles. The maximum Gasteiger partial charge on any atom is 0.294 e. The van der Waals surface area contributed by atoms with Crippen LogP contribution in [0.15, 0.2) is 41.6 Å². The summed E-state index contributed by atoms with van der Waals surface area (Å²) in [5, 5.41) is 15.6. The number of aromatic nitrogens is 4. The average Bonchev–Trinajstić information content (AvgIpc) is 3.39. The standard InChI is InChI=1S/C21H24N6O6S/c1-2-3-9-25(15-8-10-34(32,33)13-15)19(28)12-24-14-22-20-16(21(24)29)11-23-26(20)17-6-4-5-7-18(17)27(30)31/h4-7,11,14-15H,2-3,8-10,12-13H2,1H3. The molecular formula is C21H24N6O6S. The van der Waals surface area contributed by atoms with E-state index in [4.69, 9.17) is 0 Å². The highest BCUT2D eigenvalue weighted by Gasteiger charge is 2.34. The van der Waals surface area contributed by atoms with Crippen LogP contribution in [0, 0.1) is 10.1 Å². The molecule has 1 amide bonds. The van der Waals surface area contributed by atoms with E-state index in [1.165, 1.54) is 35.4 Å². The van der Waals surface area contributed by atoms with Crippen molar-refractivity contribution in [3.63, 3.8) is 0 Å². The predicted octanol–water partition coefficient (Wildman–Crippen LogP) is 1.31. The number of carbonyl (C=O) groups excluding carboxylic acids is 1. The van der Waals surface area contributed by atoms with Gasteiger partial charge in [-0.1, -0.05) is 25.5 Å². The van der Waals surface area contributed by atoms with Crippen molar-refractivity contribution in [1.29, 1.82) is 0 Å². The number of rotatable bonds is 8. The molecule has 1 saturated heterocycles. The summed E-state index contributed by atoms with van der Waals surface area (Å²) in [5.74, 6) is -0.381. The Morgan fingerprint density at radius 3 is 2.76 bits per heavy atom. The van der Waals surface area contributed by atoms with Crippen LogP contribution in [0.25, 0.3) is 16.7 Å². The van der Waals surface area contributed by atoms with Crippen molar-refractivity contribution in [3.05, 3.63) is 57.3 Å². The molecule has 1 unspecified atom stereocenters. The van der Waals surface area contributed by atoms with Crippen molar-refractivity contribution in [2.45, 2.75) is 38.8 Å². The molecule has 0 radical (unpaired) electrons. The van der Waals surface area contributed by atoms with Gasteiger partial charge >= 0.3 is 0 Å². The first-order valence-corrected chi connectivity index (χ1v) is 12.7. The normalized spacial score (nSPS) is 17.1. The minimum Gasteiger partial charge on any atom is -0.337 e. The van der Waals surface area contributed by atoms with E-state index >= 15 is 0 Å². The number of nitro groups is 1. The van der Waals surface area contributed by atoms with Crippen LogP contribution < -0.4 is 5.56 Å². The van der Waals surface area contributed by atoms with Crippen LogP contribution in [0.2, 0.25) is 0 Å². The Morgan fingerprint density at radius 2 is 2.09 bits per heavy atom. The van der Waals surface area contributed by atoms with Gasteiger partial charge in [0.2, 0.25) is 5.91 Å². The molecule has 0 bridgehead atoms. The zero-order valence-corrected chi connectivity index (χ0v) is 19.3. The molecule has 0 N–H and O–H groups in total. The third kappa shape index (κ3) is 4.55. The molecule has 4 rings (SSSR count). The van der Waals surface area contributed by atoms with Crippen LogP contribution in [0.4, 0.5) is 5.69 Å². The summed E-state index contributed by atoms with van der Waals surface area (Å²) in [6.07, 6.45) is 4.41. The monoisotopic (exact) mass is 488 g/mol. The lowest BCUT2D eigenvalue weighted by molar-refractivity contribution is -0.384. The summed E-state index contributed by atoms with van der Waals surface area (Å²) >= 11 is 0. The first kappa shape index (κ1) is 23.5.